The third kappa shape index (κ3) is 1.81. The number of carbonyl (C=O) groups excluding carboxylic acids is 1. The van der Waals surface area contributed by atoms with Gasteiger partial charge in [0.05, 0.1) is 17.1 Å². The summed E-state index contributed by atoms with van der Waals surface area (Å²) in [4.78, 5) is 37.3. The standard InChI is InChI=1S/C12H10BrN3O3/c13-6-1-5-2-7(4-9(14)17)16-10(5)8(3-6)15-11(18)12(16)19/h1,3,7H,2,4H2,(H2,14,17)(H,15,18). The zero-order valence-electron chi connectivity index (χ0n) is 9.77. The minimum atomic E-state index is -0.687. The van der Waals surface area contributed by atoms with Crippen LogP contribution in [0, 0.1) is 0 Å². The first kappa shape index (κ1) is 12.2. The maximum atomic E-state index is 12.0. The fourth-order valence-corrected chi connectivity index (χ4v) is 3.17. The molecule has 7 heteroatoms. The van der Waals surface area contributed by atoms with E-state index in [0.29, 0.717) is 17.5 Å². The summed E-state index contributed by atoms with van der Waals surface area (Å²) in [6.07, 6.45) is 0.566. The summed E-state index contributed by atoms with van der Waals surface area (Å²) >= 11 is 3.36. The number of benzene rings is 1. The SMILES string of the molecule is NC(=O)CC1Cc2cc(Br)cc3[nH]c(=O)c(=O)n1c23. The fraction of sp³-hybridized carbons (Fsp3) is 0.250. The van der Waals surface area contributed by atoms with E-state index in [4.69, 9.17) is 5.73 Å². The van der Waals surface area contributed by atoms with Gasteiger partial charge in [-0.05, 0) is 24.1 Å². The number of nitrogens with one attached hydrogen (secondary N) is 1. The summed E-state index contributed by atoms with van der Waals surface area (Å²) in [5, 5.41) is 0. The van der Waals surface area contributed by atoms with Crippen LogP contribution in [-0.4, -0.2) is 15.5 Å². The molecule has 1 aliphatic heterocycles. The molecule has 0 aliphatic carbocycles. The summed E-state index contributed by atoms with van der Waals surface area (Å²) < 4.78 is 2.20. The van der Waals surface area contributed by atoms with E-state index in [9.17, 15) is 14.4 Å². The number of halogens is 1. The Morgan fingerprint density at radius 2 is 2.21 bits per heavy atom. The normalized spacial score (nSPS) is 17.0. The van der Waals surface area contributed by atoms with Gasteiger partial charge in [-0.25, -0.2) is 0 Å². The highest BCUT2D eigenvalue weighted by atomic mass is 79.9. The van der Waals surface area contributed by atoms with Crippen molar-refractivity contribution in [3.63, 3.8) is 0 Å². The van der Waals surface area contributed by atoms with Crippen molar-refractivity contribution in [3.8, 4) is 0 Å². The van der Waals surface area contributed by atoms with Crippen LogP contribution in [0.5, 0.6) is 0 Å². The summed E-state index contributed by atoms with van der Waals surface area (Å²) in [5.74, 6) is -0.489. The lowest BCUT2D eigenvalue weighted by Gasteiger charge is -2.11. The molecule has 2 heterocycles. The predicted molar refractivity (Wildman–Crippen MR) is 73.1 cm³/mol. The lowest BCUT2D eigenvalue weighted by molar-refractivity contribution is -0.118. The van der Waals surface area contributed by atoms with E-state index < -0.39 is 17.0 Å². The van der Waals surface area contributed by atoms with Crippen LogP contribution in [0.2, 0.25) is 0 Å². The number of amides is 1. The molecule has 0 saturated carbocycles. The van der Waals surface area contributed by atoms with Gasteiger partial charge >= 0.3 is 11.1 Å². The van der Waals surface area contributed by atoms with Crippen molar-refractivity contribution in [1.82, 2.24) is 9.55 Å². The Balaban J connectivity index is 2.37. The van der Waals surface area contributed by atoms with Crippen molar-refractivity contribution in [1.29, 1.82) is 0 Å². The van der Waals surface area contributed by atoms with Crippen LogP contribution in [0.25, 0.3) is 11.0 Å². The smallest absolute Gasteiger partial charge is 0.317 e. The number of aromatic amines is 1. The summed E-state index contributed by atoms with van der Waals surface area (Å²) in [6.45, 7) is 0. The Morgan fingerprint density at radius 1 is 1.47 bits per heavy atom. The largest absolute Gasteiger partial charge is 0.370 e. The molecule has 0 radical (unpaired) electrons. The van der Waals surface area contributed by atoms with E-state index in [2.05, 4.69) is 20.9 Å². The lowest BCUT2D eigenvalue weighted by atomic mass is 10.1. The zero-order chi connectivity index (χ0) is 13.7. The second-order valence-corrected chi connectivity index (χ2v) is 5.53. The minimum absolute atomic E-state index is 0.0464. The van der Waals surface area contributed by atoms with Crippen LogP contribution >= 0.6 is 15.9 Å². The molecule has 6 nitrogen and oxygen atoms in total. The molecule has 1 aliphatic rings. The maximum absolute atomic E-state index is 12.0. The first-order chi connectivity index (χ1) is 8.97. The van der Waals surface area contributed by atoms with Crippen LogP contribution in [0.3, 0.4) is 0 Å². The first-order valence-electron chi connectivity index (χ1n) is 5.72. The highest BCUT2D eigenvalue weighted by Crippen LogP contribution is 2.33. The van der Waals surface area contributed by atoms with E-state index in [1.165, 1.54) is 4.57 Å². The van der Waals surface area contributed by atoms with Crippen molar-refractivity contribution in [3.05, 3.63) is 42.9 Å². The minimum Gasteiger partial charge on any atom is -0.370 e. The molecule has 1 aromatic carbocycles. The van der Waals surface area contributed by atoms with Gasteiger partial charge in [0.1, 0.15) is 0 Å². The average molecular weight is 324 g/mol. The first-order valence-corrected chi connectivity index (χ1v) is 6.52. The Bertz CT molecular complexity index is 821. The Hall–Kier alpha value is -1.89. The molecule has 3 rings (SSSR count). The molecule has 3 N–H and O–H groups in total. The number of nitrogens with two attached hydrogens (primary N) is 1. The van der Waals surface area contributed by atoms with Crippen molar-refractivity contribution < 1.29 is 4.79 Å². The molecule has 98 valence electrons. The molecule has 0 bridgehead atoms. The number of rotatable bonds is 2. The number of hydrogen-bond donors (Lipinski definition) is 2. The van der Waals surface area contributed by atoms with Crippen LogP contribution in [0.1, 0.15) is 18.0 Å². The highest BCUT2D eigenvalue weighted by molar-refractivity contribution is 9.10. The molecule has 0 saturated heterocycles. The van der Waals surface area contributed by atoms with Gasteiger partial charge in [-0.15, -0.1) is 0 Å². The van der Waals surface area contributed by atoms with Gasteiger partial charge in [-0.2, -0.15) is 0 Å². The van der Waals surface area contributed by atoms with Crippen molar-refractivity contribution in [2.24, 2.45) is 5.73 Å². The van der Waals surface area contributed by atoms with Crippen molar-refractivity contribution in [2.75, 3.05) is 0 Å². The summed E-state index contributed by atoms with van der Waals surface area (Å²) in [6, 6.07) is 3.25. The number of hydrogen-bond acceptors (Lipinski definition) is 3. The third-order valence-electron chi connectivity index (χ3n) is 3.31. The number of aromatic nitrogens is 2. The Morgan fingerprint density at radius 3 is 2.89 bits per heavy atom. The Kier molecular flexibility index (Phi) is 2.60. The molecule has 1 unspecified atom stereocenters. The fourth-order valence-electron chi connectivity index (χ4n) is 2.67. The number of H-pyrrole nitrogens is 1. The molecule has 0 spiro atoms. The number of nitrogens with zero attached hydrogens (tertiary/aromatic N) is 1. The van der Waals surface area contributed by atoms with E-state index >= 15 is 0 Å². The van der Waals surface area contributed by atoms with Gasteiger partial charge < -0.3 is 10.7 Å². The second kappa shape index (κ2) is 4.06. The summed E-state index contributed by atoms with van der Waals surface area (Å²) in [5.41, 5.74) is 6.06. The van der Waals surface area contributed by atoms with Crippen LogP contribution in [0.15, 0.2) is 26.2 Å². The Labute approximate surface area is 115 Å². The van der Waals surface area contributed by atoms with Crippen LogP contribution in [-0.2, 0) is 11.2 Å². The average Bonchev–Trinajstić information content (AvgIpc) is 2.63. The van der Waals surface area contributed by atoms with Gasteiger partial charge in [-0.3, -0.25) is 19.0 Å². The zero-order valence-corrected chi connectivity index (χ0v) is 11.4. The molecule has 1 amide bonds. The van der Waals surface area contributed by atoms with E-state index in [0.717, 1.165) is 10.0 Å². The van der Waals surface area contributed by atoms with E-state index in [1.54, 1.807) is 6.07 Å². The van der Waals surface area contributed by atoms with Crippen LogP contribution < -0.4 is 16.9 Å². The van der Waals surface area contributed by atoms with Crippen LogP contribution in [0.4, 0.5) is 0 Å². The van der Waals surface area contributed by atoms with Gasteiger partial charge in [-0.1, -0.05) is 15.9 Å². The topological polar surface area (TPSA) is 98.0 Å². The molecule has 0 fully saturated rings. The molecule has 2 aromatic rings. The molecule has 1 aromatic heterocycles. The second-order valence-electron chi connectivity index (χ2n) is 4.62. The van der Waals surface area contributed by atoms with Crippen molar-refractivity contribution in [2.45, 2.75) is 18.9 Å². The number of carbonyl (C=O) groups is 1. The highest BCUT2D eigenvalue weighted by Gasteiger charge is 2.28. The monoisotopic (exact) mass is 323 g/mol. The maximum Gasteiger partial charge on any atom is 0.317 e. The molecular weight excluding hydrogens is 314 g/mol. The lowest BCUT2D eigenvalue weighted by Crippen LogP contribution is -2.37. The van der Waals surface area contributed by atoms with Crippen molar-refractivity contribution >= 4 is 32.9 Å². The number of primary amides is 1. The molecule has 1 atom stereocenters. The summed E-state index contributed by atoms with van der Waals surface area (Å²) in [7, 11) is 0. The van der Waals surface area contributed by atoms with Gasteiger partial charge in [0.25, 0.3) is 0 Å². The third-order valence-corrected chi connectivity index (χ3v) is 3.77. The quantitative estimate of drug-likeness (QED) is 0.784. The molecule has 19 heavy (non-hydrogen) atoms. The van der Waals surface area contributed by atoms with E-state index in [1.807, 2.05) is 6.07 Å². The van der Waals surface area contributed by atoms with Gasteiger partial charge in [0.15, 0.2) is 0 Å². The predicted octanol–water partition coefficient (Wildman–Crippen LogP) is 0.425. The van der Waals surface area contributed by atoms with Gasteiger partial charge in [0, 0.05) is 10.9 Å². The van der Waals surface area contributed by atoms with E-state index in [-0.39, 0.29) is 12.5 Å². The molecular formula is C12H10BrN3O3. The van der Waals surface area contributed by atoms with Gasteiger partial charge in [0.2, 0.25) is 5.91 Å².